The average Bonchev–Trinajstić information content (AvgIpc) is 2.50. The maximum atomic E-state index is 8.74. The maximum absolute atomic E-state index is 8.74. The van der Waals surface area contributed by atoms with Crippen molar-refractivity contribution in [2.45, 2.75) is 40.2 Å². The molecule has 0 atom stereocenters. The second-order valence-corrected chi connectivity index (χ2v) is 5.20. The molecule has 0 fully saturated rings. The van der Waals surface area contributed by atoms with Crippen molar-refractivity contribution in [3.63, 3.8) is 0 Å². The second kappa shape index (κ2) is 8.59. The zero-order valence-electron chi connectivity index (χ0n) is 12.8. The summed E-state index contributed by atoms with van der Waals surface area (Å²) in [7, 11) is 0. The van der Waals surface area contributed by atoms with Crippen molar-refractivity contribution in [1.29, 1.82) is 0 Å². The summed E-state index contributed by atoms with van der Waals surface area (Å²) in [6.45, 7) is 9.75. The summed E-state index contributed by atoms with van der Waals surface area (Å²) in [5, 5.41) is 11.8. The Morgan fingerprint density at radius 3 is 2.55 bits per heavy atom. The highest BCUT2D eigenvalue weighted by atomic mass is 16.4. The Hall–Kier alpha value is -1.55. The molecule has 4 heteroatoms. The third-order valence-corrected chi connectivity index (χ3v) is 3.85. The van der Waals surface area contributed by atoms with Gasteiger partial charge in [-0.05, 0) is 24.1 Å². The van der Waals surface area contributed by atoms with Gasteiger partial charge in [-0.15, -0.1) is 0 Å². The van der Waals surface area contributed by atoms with Crippen LogP contribution in [0.4, 0.5) is 0 Å². The van der Waals surface area contributed by atoms with Gasteiger partial charge in [0.15, 0.2) is 5.84 Å². The molecule has 0 saturated heterocycles. The molecule has 0 aromatic heterocycles. The lowest BCUT2D eigenvalue weighted by Crippen LogP contribution is -2.28. The molecule has 0 aliphatic carbocycles. The van der Waals surface area contributed by atoms with Crippen LogP contribution in [0.15, 0.2) is 29.4 Å². The van der Waals surface area contributed by atoms with E-state index in [4.69, 9.17) is 10.9 Å². The molecule has 4 nitrogen and oxygen atoms in total. The van der Waals surface area contributed by atoms with Crippen molar-refractivity contribution < 1.29 is 5.21 Å². The summed E-state index contributed by atoms with van der Waals surface area (Å²) in [6, 6.07) is 7.89. The van der Waals surface area contributed by atoms with Crippen LogP contribution >= 0.6 is 0 Å². The van der Waals surface area contributed by atoms with Gasteiger partial charge in [0.2, 0.25) is 0 Å². The smallest absolute Gasteiger partial charge is 0.170 e. The van der Waals surface area contributed by atoms with Crippen LogP contribution in [-0.4, -0.2) is 29.0 Å². The van der Waals surface area contributed by atoms with Crippen molar-refractivity contribution in [2.24, 2.45) is 16.8 Å². The van der Waals surface area contributed by atoms with E-state index in [0.717, 1.165) is 31.1 Å². The Morgan fingerprint density at radius 2 is 2.00 bits per heavy atom. The van der Waals surface area contributed by atoms with Crippen molar-refractivity contribution in [3.8, 4) is 0 Å². The molecule has 20 heavy (non-hydrogen) atoms. The van der Waals surface area contributed by atoms with E-state index in [0.29, 0.717) is 0 Å². The molecule has 3 N–H and O–H groups in total. The standard InChI is InChI=1S/C16H27N3O/c1-4-13(5-2)11-19(6-3)12-14-8-7-9-15(10-14)16(17)18-20/h7-10,13,20H,4-6,11-12H2,1-3H3,(H2,17,18). The summed E-state index contributed by atoms with van der Waals surface area (Å²) in [4.78, 5) is 2.45. The van der Waals surface area contributed by atoms with Crippen LogP contribution < -0.4 is 5.73 Å². The molecule has 0 aliphatic heterocycles. The maximum Gasteiger partial charge on any atom is 0.170 e. The van der Waals surface area contributed by atoms with Crippen LogP contribution in [0.1, 0.15) is 44.7 Å². The Labute approximate surface area is 122 Å². The van der Waals surface area contributed by atoms with E-state index in [1.54, 1.807) is 0 Å². The van der Waals surface area contributed by atoms with Gasteiger partial charge in [0.25, 0.3) is 0 Å². The number of nitrogens with zero attached hydrogens (tertiary/aromatic N) is 2. The van der Waals surface area contributed by atoms with Crippen molar-refractivity contribution in [3.05, 3.63) is 35.4 Å². The Morgan fingerprint density at radius 1 is 1.30 bits per heavy atom. The SMILES string of the molecule is CCC(CC)CN(CC)Cc1cccc(C(N)=NO)c1. The third kappa shape index (κ3) is 4.85. The van der Waals surface area contributed by atoms with Crippen molar-refractivity contribution >= 4 is 5.84 Å². The van der Waals surface area contributed by atoms with Crippen LogP contribution in [0, 0.1) is 5.92 Å². The summed E-state index contributed by atoms with van der Waals surface area (Å²) >= 11 is 0. The number of oxime groups is 1. The molecule has 1 aromatic rings. The van der Waals surface area contributed by atoms with E-state index in [9.17, 15) is 0 Å². The van der Waals surface area contributed by atoms with Crippen LogP contribution in [0.5, 0.6) is 0 Å². The molecule has 0 unspecified atom stereocenters. The first kappa shape index (κ1) is 16.5. The van der Waals surface area contributed by atoms with Crippen molar-refractivity contribution in [1.82, 2.24) is 4.90 Å². The lowest BCUT2D eigenvalue weighted by molar-refractivity contribution is 0.226. The van der Waals surface area contributed by atoms with Gasteiger partial charge >= 0.3 is 0 Å². The lowest BCUT2D eigenvalue weighted by Gasteiger charge is -2.25. The highest BCUT2D eigenvalue weighted by Gasteiger charge is 2.11. The van der Waals surface area contributed by atoms with E-state index in [-0.39, 0.29) is 5.84 Å². The van der Waals surface area contributed by atoms with Crippen LogP contribution in [0.3, 0.4) is 0 Å². The molecule has 0 spiro atoms. The number of amidine groups is 1. The molecular weight excluding hydrogens is 250 g/mol. The minimum absolute atomic E-state index is 0.162. The predicted molar refractivity (Wildman–Crippen MR) is 84.0 cm³/mol. The highest BCUT2D eigenvalue weighted by molar-refractivity contribution is 5.97. The van der Waals surface area contributed by atoms with E-state index >= 15 is 0 Å². The van der Waals surface area contributed by atoms with Gasteiger partial charge in [0.1, 0.15) is 0 Å². The van der Waals surface area contributed by atoms with Gasteiger partial charge in [-0.25, -0.2) is 0 Å². The number of rotatable bonds is 8. The first-order chi connectivity index (χ1) is 9.64. The molecule has 0 saturated carbocycles. The minimum Gasteiger partial charge on any atom is -0.409 e. The Balaban J connectivity index is 2.74. The summed E-state index contributed by atoms with van der Waals surface area (Å²) < 4.78 is 0. The fourth-order valence-corrected chi connectivity index (χ4v) is 2.36. The molecule has 112 valence electrons. The lowest BCUT2D eigenvalue weighted by atomic mass is 10.0. The summed E-state index contributed by atoms with van der Waals surface area (Å²) in [5.41, 5.74) is 7.60. The minimum atomic E-state index is 0.162. The zero-order chi connectivity index (χ0) is 15.0. The first-order valence-electron chi connectivity index (χ1n) is 7.43. The zero-order valence-corrected chi connectivity index (χ0v) is 12.8. The highest BCUT2D eigenvalue weighted by Crippen LogP contribution is 2.13. The van der Waals surface area contributed by atoms with Crippen LogP contribution in [0.2, 0.25) is 0 Å². The molecule has 0 radical (unpaired) electrons. The topological polar surface area (TPSA) is 61.8 Å². The molecule has 0 heterocycles. The number of hydrogen-bond acceptors (Lipinski definition) is 3. The molecule has 1 rings (SSSR count). The normalized spacial score (nSPS) is 12.3. The molecule has 0 amide bonds. The van der Waals surface area contributed by atoms with Gasteiger partial charge in [0, 0.05) is 18.7 Å². The third-order valence-electron chi connectivity index (χ3n) is 3.85. The molecule has 1 aromatic carbocycles. The molecule has 0 bridgehead atoms. The number of nitrogens with two attached hydrogens (primary N) is 1. The van der Waals surface area contributed by atoms with E-state index < -0.39 is 0 Å². The van der Waals surface area contributed by atoms with E-state index in [1.807, 2.05) is 18.2 Å². The fraction of sp³-hybridized carbons (Fsp3) is 0.562. The quantitative estimate of drug-likeness (QED) is 0.332. The van der Waals surface area contributed by atoms with Crippen molar-refractivity contribution in [2.75, 3.05) is 13.1 Å². The van der Waals surface area contributed by atoms with Gasteiger partial charge < -0.3 is 10.9 Å². The monoisotopic (exact) mass is 277 g/mol. The molecular formula is C16H27N3O. The summed E-state index contributed by atoms with van der Waals surface area (Å²) in [5.74, 6) is 0.914. The predicted octanol–water partition coefficient (Wildman–Crippen LogP) is 3.04. The average molecular weight is 277 g/mol. The van der Waals surface area contributed by atoms with Crippen LogP contribution in [-0.2, 0) is 6.54 Å². The second-order valence-electron chi connectivity index (χ2n) is 5.20. The van der Waals surface area contributed by atoms with Gasteiger partial charge in [-0.3, -0.25) is 4.90 Å². The van der Waals surface area contributed by atoms with Gasteiger partial charge in [0.05, 0.1) is 0 Å². The van der Waals surface area contributed by atoms with Gasteiger partial charge in [-0.1, -0.05) is 57.0 Å². The Kier molecular flexibility index (Phi) is 7.09. The van der Waals surface area contributed by atoms with Gasteiger partial charge in [-0.2, -0.15) is 0 Å². The fourth-order valence-electron chi connectivity index (χ4n) is 2.36. The number of benzene rings is 1. The largest absolute Gasteiger partial charge is 0.409 e. The Bertz CT molecular complexity index is 427. The summed E-state index contributed by atoms with van der Waals surface area (Å²) in [6.07, 6.45) is 2.44. The van der Waals surface area contributed by atoms with E-state index in [2.05, 4.69) is 36.9 Å². The first-order valence-corrected chi connectivity index (χ1v) is 7.43. The number of hydrogen-bond donors (Lipinski definition) is 2. The van der Waals surface area contributed by atoms with Crippen LogP contribution in [0.25, 0.3) is 0 Å². The van der Waals surface area contributed by atoms with E-state index in [1.165, 1.54) is 18.4 Å². The molecule has 0 aliphatic rings.